The highest BCUT2D eigenvalue weighted by Gasteiger charge is 2.45. The van der Waals surface area contributed by atoms with Gasteiger partial charge in [-0.05, 0) is 68.9 Å². The van der Waals surface area contributed by atoms with Crippen molar-refractivity contribution in [3.05, 3.63) is 30.1 Å². The molecule has 4 nitrogen and oxygen atoms in total. The lowest BCUT2D eigenvalue weighted by molar-refractivity contribution is -0.0487. The summed E-state index contributed by atoms with van der Waals surface area (Å²) in [6, 6.07) is 11.2. The predicted octanol–water partition coefficient (Wildman–Crippen LogP) is 5.69. The summed E-state index contributed by atoms with van der Waals surface area (Å²) in [7, 11) is 0. The lowest BCUT2D eigenvalue weighted by atomic mass is 9.68. The number of fused-ring (bicyclic) bond motifs is 5. The summed E-state index contributed by atoms with van der Waals surface area (Å²) in [5, 5.41) is 10.0. The first-order valence-corrected chi connectivity index (χ1v) is 12.1. The number of hydrogen-bond acceptors (Lipinski definition) is 3. The maximum atomic E-state index is 10.0. The van der Waals surface area contributed by atoms with Crippen molar-refractivity contribution < 1.29 is 5.11 Å². The van der Waals surface area contributed by atoms with E-state index in [9.17, 15) is 5.11 Å². The average Bonchev–Trinajstić information content (AvgIpc) is 3.11. The molecule has 2 aromatic rings. The fraction of sp³-hybridized carbons (Fsp3) is 0.731. The minimum atomic E-state index is 0. The van der Waals surface area contributed by atoms with Crippen molar-refractivity contribution in [2.24, 2.45) is 11.8 Å². The van der Waals surface area contributed by atoms with Gasteiger partial charge in [-0.15, -0.1) is 0 Å². The van der Waals surface area contributed by atoms with E-state index in [2.05, 4.69) is 33.7 Å². The number of piperidine rings is 2. The Kier molecular flexibility index (Phi) is 5.66. The van der Waals surface area contributed by atoms with Gasteiger partial charge in [0.2, 0.25) is 0 Å². The molecule has 6 atom stereocenters. The number of hydrogen-bond donors (Lipinski definition) is 1. The van der Waals surface area contributed by atoms with Gasteiger partial charge in [0.25, 0.3) is 0 Å². The van der Waals surface area contributed by atoms with Gasteiger partial charge in [0, 0.05) is 24.2 Å². The highest BCUT2D eigenvalue weighted by atomic mass is 16.3. The molecule has 1 aromatic carbocycles. The molecule has 4 fully saturated rings. The number of aliphatic hydroxyl groups excluding tert-OH is 1. The van der Waals surface area contributed by atoms with Gasteiger partial charge in [-0.3, -0.25) is 4.90 Å². The molecule has 164 valence electrons. The number of aromatic nitrogens is 2. The molecule has 3 heterocycles. The zero-order valence-corrected chi connectivity index (χ0v) is 17.5. The van der Waals surface area contributed by atoms with Gasteiger partial charge in [-0.1, -0.05) is 45.2 Å². The van der Waals surface area contributed by atoms with Crippen LogP contribution in [0.15, 0.2) is 24.3 Å². The minimum Gasteiger partial charge on any atom is -0.388 e. The molecule has 2 aliphatic heterocycles. The van der Waals surface area contributed by atoms with Crippen molar-refractivity contribution in [3.63, 3.8) is 0 Å². The highest BCUT2D eigenvalue weighted by Crippen LogP contribution is 2.47. The Bertz CT molecular complexity index is 850. The van der Waals surface area contributed by atoms with Gasteiger partial charge in [0.1, 0.15) is 12.4 Å². The molecule has 2 saturated carbocycles. The van der Waals surface area contributed by atoms with Crippen LogP contribution in [0.3, 0.4) is 0 Å². The summed E-state index contributed by atoms with van der Waals surface area (Å²) >= 11 is 0. The van der Waals surface area contributed by atoms with Crippen molar-refractivity contribution in [2.75, 3.05) is 0 Å². The number of aliphatic hydroxyl groups is 1. The van der Waals surface area contributed by atoms with E-state index in [4.69, 9.17) is 4.98 Å². The van der Waals surface area contributed by atoms with Gasteiger partial charge >= 0.3 is 0 Å². The fourth-order valence-electron chi connectivity index (χ4n) is 7.75. The van der Waals surface area contributed by atoms with Crippen LogP contribution in [0.5, 0.6) is 0 Å². The van der Waals surface area contributed by atoms with Crippen molar-refractivity contribution >= 4 is 11.0 Å². The Labute approximate surface area is 181 Å². The zero-order chi connectivity index (χ0) is 19.4. The molecule has 1 aromatic heterocycles. The Morgan fingerprint density at radius 3 is 2.17 bits per heavy atom. The van der Waals surface area contributed by atoms with Gasteiger partial charge in [-0.25, -0.2) is 4.98 Å². The van der Waals surface area contributed by atoms with Crippen LogP contribution in [0.1, 0.15) is 89.9 Å². The maximum Gasteiger partial charge on any atom is 0.135 e. The van der Waals surface area contributed by atoms with Crippen LogP contribution in [-0.2, 0) is 6.61 Å². The van der Waals surface area contributed by atoms with E-state index in [-0.39, 0.29) is 14.0 Å². The predicted molar refractivity (Wildman–Crippen MR) is 122 cm³/mol. The smallest absolute Gasteiger partial charge is 0.135 e. The number of imidazole rings is 1. The fourth-order valence-corrected chi connectivity index (χ4v) is 7.75. The van der Waals surface area contributed by atoms with Crippen molar-refractivity contribution in [1.29, 1.82) is 0 Å². The van der Waals surface area contributed by atoms with Crippen molar-refractivity contribution in [2.45, 2.75) is 109 Å². The second-order valence-corrected chi connectivity index (χ2v) is 10.4. The van der Waals surface area contributed by atoms with Crippen LogP contribution in [0, 0.1) is 11.8 Å². The standard InChI is InChI=1S/C25H35N3O.CH4/c29-16-25-26-23-9-1-2-10-24(23)28(25)22-14-19-7-4-8-20(15-22)27(19)21-12-17-5-3-6-18(11-17)13-21;/h1-2,9-10,17-22,29H,3-8,11-16H2;1H4/t17-,18+,19-,20+,21?,22?;. The molecular formula is C26H39N3O. The van der Waals surface area contributed by atoms with Crippen LogP contribution >= 0.6 is 0 Å². The van der Waals surface area contributed by atoms with E-state index in [1.54, 1.807) is 0 Å². The normalized spacial score (nSPS) is 36.4. The molecule has 4 heteroatoms. The van der Waals surface area contributed by atoms with E-state index in [1.807, 2.05) is 0 Å². The largest absolute Gasteiger partial charge is 0.388 e. The molecule has 0 spiro atoms. The third kappa shape index (κ3) is 3.40. The Morgan fingerprint density at radius 2 is 1.47 bits per heavy atom. The monoisotopic (exact) mass is 409 g/mol. The summed E-state index contributed by atoms with van der Waals surface area (Å²) < 4.78 is 2.40. The first-order chi connectivity index (χ1) is 14.3. The Morgan fingerprint density at radius 1 is 0.800 bits per heavy atom. The molecule has 0 radical (unpaired) electrons. The third-order valence-electron chi connectivity index (χ3n) is 8.71. The Hall–Kier alpha value is -1.39. The lowest BCUT2D eigenvalue weighted by Gasteiger charge is -2.55. The second-order valence-electron chi connectivity index (χ2n) is 10.4. The van der Waals surface area contributed by atoms with Crippen LogP contribution in [0.2, 0.25) is 0 Å². The molecular weight excluding hydrogens is 370 g/mol. The quantitative estimate of drug-likeness (QED) is 0.708. The number of para-hydroxylation sites is 2. The number of nitrogens with zero attached hydrogens (tertiary/aromatic N) is 3. The molecule has 2 saturated heterocycles. The van der Waals surface area contributed by atoms with Crippen molar-refractivity contribution in [3.8, 4) is 0 Å². The first kappa shape index (κ1) is 20.5. The van der Waals surface area contributed by atoms with Gasteiger partial charge in [-0.2, -0.15) is 0 Å². The topological polar surface area (TPSA) is 41.3 Å². The third-order valence-corrected chi connectivity index (χ3v) is 8.71. The molecule has 4 aliphatic rings. The Balaban J connectivity index is 0.00000193. The van der Waals surface area contributed by atoms with E-state index >= 15 is 0 Å². The molecule has 2 unspecified atom stereocenters. The first-order valence-electron chi connectivity index (χ1n) is 12.1. The second kappa shape index (κ2) is 8.27. The molecule has 30 heavy (non-hydrogen) atoms. The van der Waals surface area contributed by atoms with Crippen LogP contribution in [0.25, 0.3) is 11.0 Å². The highest BCUT2D eigenvalue weighted by molar-refractivity contribution is 5.76. The van der Waals surface area contributed by atoms with Crippen molar-refractivity contribution in [1.82, 2.24) is 14.5 Å². The molecule has 1 N–H and O–H groups in total. The zero-order valence-electron chi connectivity index (χ0n) is 17.5. The SMILES string of the molecule is C.OCc1nc2ccccc2n1C1C[C@H]2CCC[C@@H](C1)N2C1C[C@H]2CCC[C@@H](C1)C2. The van der Waals surface area contributed by atoms with Gasteiger partial charge < -0.3 is 9.67 Å². The van der Waals surface area contributed by atoms with Crippen LogP contribution in [0.4, 0.5) is 0 Å². The summed E-state index contributed by atoms with van der Waals surface area (Å²) in [5.41, 5.74) is 2.24. The molecule has 4 bridgehead atoms. The summed E-state index contributed by atoms with van der Waals surface area (Å²) in [6.45, 7) is 0.0379. The molecule has 6 rings (SSSR count). The minimum absolute atomic E-state index is 0. The summed E-state index contributed by atoms with van der Waals surface area (Å²) in [5.74, 6) is 2.86. The van der Waals surface area contributed by atoms with E-state index in [0.29, 0.717) is 6.04 Å². The lowest BCUT2D eigenvalue weighted by Crippen LogP contribution is -2.58. The summed E-state index contributed by atoms with van der Waals surface area (Å²) in [4.78, 5) is 7.76. The number of rotatable bonds is 3. The van der Waals surface area contributed by atoms with E-state index in [0.717, 1.165) is 41.3 Å². The summed E-state index contributed by atoms with van der Waals surface area (Å²) in [6.07, 6.45) is 15.5. The average molecular weight is 410 g/mol. The maximum absolute atomic E-state index is 10.0. The number of benzene rings is 1. The van der Waals surface area contributed by atoms with Crippen LogP contribution < -0.4 is 0 Å². The van der Waals surface area contributed by atoms with E-state index in [1.165, 1.54) is 76.1 Å². The van der Waals surface area contributed by atoms with E-state index < -0.39 is 0 Å². The molecule has 2 aliphatic carbocycles. The van der Waals surface area contributed by atoms with Gasteiger partial charge in [0.05, 0.1) is 11.0 Å². The van der Waals surface area contributed by atoms with Gasteiger partial charge in [0.15, 0.2) is 0 Å². The van der Waals surface area contributed by atoms with Crippen LogP contribution in [-0.4, -0.2) is 37.7 Å². The molecule has 0 amide bonds.